The molecule has 0 radical (unpaired) electrons. The van der Waals surface area contributed by atoms with Crippen molar-refractivity contribution in [1.82, 2.24) is 5.32 Å². The molecule has 0 unspecified atom stereocenters. The molecule has 0 fully saturated rings. The summed E-state index contributed by atoms with van der Waals surface area (Å²) >= 11 is 0. The molecule has 1 aliphatic heterocycles. The van der Waals surface area contributed by atoms with E-state index in [1.165, 1.54) is 19.2 Å². The summed E-state index contributed by atoms with van der Waals surface area (Å²) in [5.41, 5.74) is 4.03. The second-order valence-electron chi connectivity index (χ2n) is 8.47. The van der Waals surface area contributed by atoms with Crippen molar-refractivity contribution in [3.63, 3.8) is 0 Å². The topological polar surface area (TPSA) is 73.9 Å². The summed E-state index contributed by atoms with van der Waals surface area (Å²) in [7, 11) is 3.14. The molecule has 1 heterocycles. The number of halogens is 1. The van der Waals surface area contributed by atoms with Crippen LogP contribution in [0.3, 0.4) is 0 Å². The van der Waals surface area contributed by atoms with Crippen LogP contribution in [-0.4, -0.2) is 39.2 Å². The highest BCUT2D eigenvalue weighted by Crippen LogP contribution is 2.45. The predicted octanol–water partition coefficient (Wildman–Crippen LogP) is 4.39. The molecular formula is C27H28FNO5. The number of carbonyl (C=O) groups is 2. The molecule has 4 rings (SSSR count). The van der Waals surface area contributed by atoms with E-state index in [0.29, 0.717) is 35.2 Å². The van der Waals surface area contributed by atoms with E-state index < -0.39 is 11.9 Å². The van der Waals surface area contributed by atoms with Crippen molar-refractivity contribution >= 4 is 11.8 Å². The maximum Gasteiger partial charge on any atom is 0.336 e. The van der Waals surface area contributed by atoms with Gasteiger partial charge in [0.05, 0.1) is 19.3 Å². The van der Waals surface area contributed by atoms with Crippen LogP contribution in [0.25, 0.3) is 0 Å². The van der Waals surface area contributed by atoms with Crippen LogP contribution in [0.5, 0.6) is 5.75 Å². The van der Waals surface area contributed by atoms with Crippen LogP contribution in [0.15, 0.2) is 71.1 Å². The van der Waals surface area contributed by atoms with Gasteiger partial charge in [0.15, 0.2) is 5.78 Å². The molecule has 178 valence electrons. The van der Waals surface area contributed by atoms with Gasteiger partial charge in [-0.05, 0) is 54.7 Å². The number of methoxy groups -OCH3 is 2. The van der Waals surface area contributed by atoms with Crippen LogP contribution in [0.4, 0.5) is 4.39 Å². The van der Waals surface area contributed by atoms with Gasteiger partial charge in [-0.3, -0.25) is 4.79 Å². The lowest BCUT2D eigenvalue weighted by Crippen LogP contribution is -2.36. The third-order valence-corrected chi connectivity index (χ3v) is 6.36. The number of hydrogen-bond acceptors (Lipinski definition) is 6. The highest BCUT2D eigenvalue weighted by Gasteiger charge is 2.41. The van der Waals surface area contributed by atoms with Crippen LogP contribution in [-0.2, 0) is 19.1 Å². The largest absolute Gasteiger partial charge is 0.497 e. The third kappa shape index (κ3) is 4.75. The first-order valence-corrected chi connectivity index (χ1v) is 11.2. The third-order valence-electron chi connectivity index (χ3n) is 6.36. The van der Waals surface area contributed by atoms with Crippen LogP contribution in [0.2, 0.25) is 0 Å². The Morgan fingerprint density at radius 3 is 2.32 bits per heavy atom. The molecule has 2 aliphatic rings. The van der Waals surface area contributed by atoms with E-state index in [2.05, 4.69) is 5.32 Å². The molecule has 2 aromatic rings. The molecule has 0 saturated carbocycles. The second kappa shape index (κ2) is 10.2. The van der Waals surface area contributed by atoms with Gasteiger partial charge < -0.3 is 19.5 Å². The molecule has 0 saturated heterocycles. The molecule has 2 aromatic carbocycles. The van der Waals surface area contributed by atoms with Crippen molar-refractivity contribution in [2.24, 2.45) is 0 Å². The Bertz CT molecular complexity index is 1130. The molecule has 7 heteroatoms. The van der Waals surface area contributed by atoms with Crippen LogP contribution >= 0.6 is 0 Å². The van der Waals surface area contributed by atoms with Crippen molar-refractivity contribution in [2.45, 2.75) is 31.6 Å². The number of benzene rings is 2. The predicted molar refractivity (Wildman–Crippen MR) is 125 cm³/mol. The molecule has 0 bridgehead atoms. The molecular weight excluding hydrogens is 437 g/mol. The lowest BCUT2D eigenvalue weighted by atomic mass is 9.72. The van der Waals surface area contributed by atoms with Gasteiger partial charge >= 0.3 is 5.97 Å². The number of rotatable bonds is 7. The number of carbonyl (C=O) groups excluding carboxylic acids is 2. The van der Waals surface area contributed by atoms with Crippen LogP contribution in [0.1, 0.15) is 42.7 Å². The Labute approximate surface area is 198 Å². The van der Waals surface area contributed by atoms with Gasteiger partial charge in [0.2, 0.25) is 0 Å². The standard InChI is InChI=1S/C27H28FNO5/c1-16-24(27(31)34-13-12-32-2)25(18-4-8-20(28)9-5-18)26-22(29-16)14-19(15-23(26)30)17-6-10-21(33-3)11-7-17/h4-11,19,25,29H,12-15H2,1-3H3/t19-,25+/m0/s1. The maximum atomic E-state index is 13.7. The highest BCUT2D eigenvalue weighted by atomic mass is 19.1. The van der Waals surface area contributed by atoms with E-state index in [1.807, 2.05) is 24.3 Å². The molecule has 0 aromatic heterocycles. The summed E-state index contributed by atoms with van der Waals surface area (Å²) in [5, 5.41) is 3.31. The monoisotopic (exact) mass is 465 g/mol. The molecule has 0 spiro atoms. The zero-order chi connectivity index (χ0) is 24.2. The molecule has 34 heavy (non-hydrogen) atoms. The minimum absolute atomic E-state index is 0.00142. The lowest BCUT2D eigenvalue weighted by molar-refractivity contribution is -0.140. The van der Waals surface area contributed by atoms with Gasteiger partial charge in [-0.1, -0.05) is 24.3 Å². The average molecular weight is 466 g/mol. The fourth-order valence-electron chi connectivity index (χ4n) is 4.71. The van der Waals surface area contributed by atoms with E-state index in [4.69, 9.17) is 14.2 Å². The number of hydrogen-bond donors (Lipinski definition) is 1. The second-order valence-corrected chi connectivity index (χ2v) is 8.47. The van der Waals surface area contributed by atoms with Gasteiger partial charge in [0, 0.05) is 36.4 Å². The molecule has 1 N–H and O–H groups in total. The van der Waals surface area contributed by atoms with Crippen molar-refractivity contribution < 1.29 is 28.2 Å². The first-order valence-electron chi connectivity index (χ1n) is 11.2. The number of ketones is 1. The first kappa shape index (κ1) is 23.7. The van der Waals surface area contributed by atoms with Gasteiger partial charge in [-0.2, -0.15) is 0 Å². The smallest absolute Gasteiger partial charge is 0.336 e. The Hall–Kier alpha value is -3.45. The van der Waals surface area contributed by atoms with Crippen molar-refractivity contribution in [3.05, 3.63) is 88.0 Å². The lowest BCUT2D eigenvalue weighted by Gasteiger charge is -2.36. The summed E-state index contributed by atoms with van der Waals surface area (Å²) in [5.74, 6) is -0.816. The number of ether oxygens (including phenoxy) is 3. The molecule has 2 atom stereocenters. The molecule has 1 aliphatic carbocycles. The van der Waals surface area contributed by atoms with Gasteiger partial charge in [-0.25, -0.2) is 9.18 Å². The maximum absolute atomic E-state index is 13.7. The summed E-state index contributed by atoms with van der Waals surface area (Å²) in [4.78, 5) is 26.6. The number of esters is 1. The minimum Gasteiger partial charge on any atom is -0.497 e. The van der Waals surface area contributed by atoms with E-state index in [0.717, 1.165) is 17.0 Å². The van der Waals surface area contributed by atoms with Crippen molar-refractivity contribution in [2.75, 3.05) is 27.4 Å². The van der Waals surface area contributed by atoms with Crippen LogP contribution in [0, 0.1) is 5.82 Å². The van der Waals surface area contributed by atoms with E-state index >= 15 is 0 Å². The van der Waals surface area contributed by atoms with E-state index in [9.17, 15) is 14.0 Å². The van der Waals surface area contributed by atoms with E-state index in [1.54, 1.807) is 26.2 Å². The fraction of sp³-hybridized carbons (Fsp3) is 0.333. The Kier molecular flexibility index (Phi) is 7.12. The normalized spacial score (nSPS) is 20.1. The zero-order valence-electron chi connectivity index (χ0n) is 19.5. The highest BCUT2D eigenvalue weighted by molar-refractivity contribution is 6.04. The fourth-order valence-corrected chi connectivity index (χ4v) is 4.71. The zero-order valence-corrected chi connectivity index (χ0v) is 19.5. The van der Waals surface area contributed by atoms with Gasteiger partial charge in [0.25, 0.3) is 0 Å². The Morgan fingerprint density at radius 1 is 1.00 bits per heavy atom. The number of allylic oxidation sites excluding steroid dienone is 3. The summed E-state index contributed by atoms with van der Waals surface area (Å²) in [6.07, 6.45) is 0.935. The summed E-state index contributed by atoms with van der Waals surface area (Å²) < 4.78 is 29.3. The van der Waals surface area contributed by atoms with Crippen molar-refractivity contribution in [1.29, 1.82) is 0 Å². The quantitative estimate of drug-likeness (QED) is 0.483. The van der Waals surface area contributed by atoms with Gasteiger partial charge in [-0.15, -0.1) is 0 Å². The van der Waals surface area contributed by atoms with Gasteiger partial charge in [0.1, 0.15) is 18.2 Å². The SMILES string of the molecule is COCCOC(=O)C1=C(C)NC2=C(C(=O)C[C@@H](c3ccc(OC)cc3)C2)[C@@H]1c1ccc(F)cc1. The first-order chi connectivity index (χ1) is 16.4. The number of dihydropyridines is 1. The van der Waals surface area contributed by atoms with E-state index in [-0.39, 0.29) is 30.7 Å². The Morgan fingerprint density at radius 2 is 1.68 bits per heavy atom. The average Bonchev–Trinajstić information content (AvgIpc) is 2.83. The molecule has 0 amide bonds. The number of nitrogens with one attached hydrogen (secondary N) is 1. The Balaban J connectivity index is 1.72. The number of Topliss-reactive ketones (excluding diaryl/α,β-unsaturated/α-hetero) is 1. The van der Waals surface area contributed by atoms with Crippen molar-refractivity contribution in [3.8, 4) is 5.75 Å². The minimum atomic E-state index is -0.629. The summed E-state index contributed by atoms with van der Waals surface area (Å²) in [6.45, 7) is 2.17. The van der Waals surface area contributed by atoms with Crippen LogP contribution < -0.4 is 10.1 Å². The summed E-state index contributed by atoms with van der Waals surface area (Å²) in [6, 6.07) is 13.6. The molecule has 6 nitrogen and oxygen atoms in total.